The Morgan fingerprint density at radius 1 is 1.04 bits per heavy atom. The van der Waals surface area contributed by atoms with Crippen molar-refractivity contribution in [3.63, 3.8) is 0 Å². The molecule has 0 amide bonds. The van der Waals surface area contributed by atoms with E-state index in [9.17, 15) is 5.11 Å². The smallest absolute Gasteiger partial charge is 0.161 e. The maximum absolute atomic E-state index is 9.59. The zero-order valence-electron chi connectivity index (χ0n) is 15.5. The quantitative estimate of drug-likeness (QED) is 0.909. The predicted molar refractivity (Wildman–Crippen MR) is 99.1 cm³/mol. The van der Waals surface area contributed by atoms with E-state index in [1.807, 2.05) is 6.92 Å². The average molecular weight is 355 g/mol. The summed E-state index contributed by atoms with van der Waals surface area (Å²) in [5.41, 5.74) is 3.59. The van der Waals surface area contributed by atoms with Crippen LogP contribution >= 0.6 is 0 Å². The maximum Gasteiger partial charge on any atom is 0.161 e. The Morgan fingerprint density at radius 2 is 1.73 bits per heavy atom. The largest absolute Gasteiger partial charge is 0.493 e. The van der Waals surface area contributed by atoms with Gasteiger partial charge in [0.15, 0.2) is 11.5 Å². The Balaban J connectivity index is 1.60. The van der Waals surface area contributed by atoms with Gasteiger partial charge in [0.2, 0.25) is 0 Å². The van der Waals surface area contributed by atoms with E-state index in [2.05, 4.69) is 33.1 Å². The summed E-state index contributed by atoms with van der Waals surface area (Å²) in [5.74, 6) is 3.65. The first-order valence-corrected chi connectivity index (χ1v) is 9.09. The number of aliphatic hydroxyl groups is 1. The SMILES string of the molecule is COc1cc2c(cc1OC)CN(c1cc(C3CC(O)C3)nc(C)n1)CC2. The number of aromatic nitrogens is 2. The van der Waals surface area contributed by atoms with Gasteiger partial charge in [-0.3, -0.25) is 0 Å². The van der Waals surface area contributed by atoms with E-state index in [1.165, 1.54) is 11.1 Å². The molecule has 1 saturated carbocycles. The minimum Gasteiger partial charge on any atom is -0.493 e. The van der Waals surface area contributed by atoms with E-state index in [0.29, 0.717) is 5.92 Å². The topological polar surface area (TPSA) is 67.7 Å². The van der Waals surface area contributed by atoms with Crippen molar-refractivity contribution in [2.75, 3.05) is 25.7 Å². The Hall–Kier alpha value is -2.34. The highest BCUT2D eigenvalue weighted by Crippen LogP contribution is 2.38. The molecule has 6 nitrogen and oxygen atoms in total. The van der Waals surface area contributed by atoms with Gasteiger partial charge in [-0.1, -0.05) is 0 Å². The van der Waals surface area contributed by atoms with Crippen LogP contribution in [-0.4, -0.2) is 41.9 Å². The molecule has 1 N–H and O–H groups in total. The number of fused-ring (bicyclic) bond motifs is 1. The van der Waals surface area contributed by atoms with Gasteiger partial charge in [-0.2, -0.15) is 0 Å². The lowest BCUT2D eigenvalue weighted by Gasteiger charge is -2.33. The van der Waals surface area contributed by atoms with E-state index >= 15 is 0 Å². The number of methoxy groups -OCH3 is 2. The summed E-state index contributed by atoms with van der Waals surface area (Å²) < 4.78 is 10.9. The van der Waals surface area contributed by atoms with Crippen LogP contribution in [0, 0.1) is 6.92 Å². The van der Waals surface area contributed by atoms with Crippen molar-refractivity contribution in [3.8, 4) is 11.5 Å². The number of rotatable bonds is 4. The predicted octanol–water partition coefficient (Wildman–Crippen LogP) is 2.60. The highest BCUT2D eigenvalue weighted by atomic mass is 16.5. The van der Waals surface area contributed by atoms with Crippen molar-refractivity contribution in [2.45, 2.75) is 44.8 Å². The second-order valence-electron chi connectivity index (χ2n) is 7.17. The fourth-order valence-electron chi connectivity index (χ4n) is 3.85. The van der Waals surface area contributed by atoms with Crippen molar-refractivity contribution in [2.24, 2.45) is 0 Å². The van der Waals surface area contributed by atoms with Gasteiger partial charge in [0, 0.05) is 30.8 Å². The van der Waals surface area contributed by atoms with Crippen LogP contribution < -0.4 is 14.4 Å². The summed E-state index contributed by atoms with van der Waals surface area (Å²) in [6.45, 7) is 3.64. The van der Waals surface area contributed by atoms with Crippen molar-refractivity contribution >= 4 is 5.82 Å². The number of aliphatic hydroxyl groups excluding tert-OH is 1. The molecule has 1 fully saturated rings. The molecule has 1 aliphatic heterocycles. The van der Waals surface area contributed by atoms with Gasteiger partial charge < -0.3 is 19.5 Å². The van der Waals surface area contributed by atoms with Crippen LogP contribution in [0.15, 0.2) is 18.2 Å². The molecule has 0 atom stereocenters. The molecule has 0 spiro atoms. The third-order valence-corrected chi connectivity index (χ3v) is 5.42. The van der Waals surface area contributed by atoms with Crippen molar-refractivity contribution in [3.05, 3.63) is 40.8 Å². The molecule has 26 heavy (non-hydrogen) atoms. The van der Waals surface area contributed by atoms with Crippen LogP contribution in [0.3, 0.4) is 0 Å². The summed E-state index contributed by atoms with van der Waals surface area (Å²) in [5, 5.41) is 9.59. The van der Waals surface area contributed by atoms with E-state index in [1.54, 1.807) is 14.2 Å². The summed E-state index contributed by atoms with van der Waals surface area (Å²) in [4.78, 5) is 11.6. The van der Waals surface area contributed by atoms with Crippen LogP contribution in [0.2, 0.25) is 0 Å². The first-order valence-electron chi connectivity index (χ1n) is 9.09. The van der Waals surface area contributed by atoms with Gasteiger partial charge in [-0.05, 0) is 49.4 Å². The molecular weight excluding hydrogens is 330 g/mol. The lowest BCUT2D eigenvalue weighted by atomic mass is 9.80. The van der Waals surface area contributed by atoms with Crippen molar-refractivity contribution < 1.29 is 14.6 Å². The third kappa shape index (κ3) is 3.09. The van der Waals surface area contributed by atoms with Crippen LogP contribution in [0.25, 0.3) is 0 Å². The lowest BCUT2D eigenvalue weighted by Crippen LogP contribution is -2.32. The molecule has 0 radical (unpaired) electrons. The Morgan fingerprint density at radius 3 is 2.38 bits per heavy atom. The van der Waals surface area contributed by atoms with Gasteiger partial charge in [0.05, 0.1) is 20.3 Å². The molecule has 2 heterocycles. The fraction of sp³-hybridized carbons (Fsp3) is 0.500. The Kier molecular flexibility index (Phi) is 4.44. The lowest BCUT2D eigenvalue weighted by molar-refractivity contribution is 0.0731. The van der Waals surface area contributed by atoms with Gasteiger partial charge in [-0.25, -0.2) is 9.97 Å². The number of aryl methyl sites for hydroxylation is 1. The maximum atomic E-state index is 9.59. The minimum atomic E-state index is -0.178. The van der Waals surface area contributed by atoms with Gasteiger partial charge in [0.1, 0.15) is 11.6 Å². The van der Waals surface area contributed by atoms with E-state index in [-0.39, 0.29) is 6.10 Å². The second-order valence-corrected chi connectivity index (χ2v) is 7.17. The average Bonchev–Trinajstić information content (AvgIpc) is 2.63. The number of anilines is 1. The number of benzene rings is 1. The second kappa shape index (κ2) is 6.76. The number of hydrogen-bond donors (Lipinski definition) is 1. The van der Waals surface area contributed by atoms with E-state index in [0.717, 1.165) is 61.2 Å². The van der Waals surface area contributed by atoms with E-state index < -0.39 is 0 Å². The number of hydrogen-bond acceptors (Lipinski definition) is 6. The monoisotopic (exact) mass is 355 g/mol. The molecule has 1 aromatic heterocycles. The number of ether oxygens (including phenoxy) is 2. The van der Waals surface area contributed by atoms with Gasteiger partial charge in [0.25, 0.3) is 0 Å². The minimum absolute atomic E-state index is 0.178. The summed E-state index contributed by atoms with van der Waals surface area (Å²) >= 11 is 0. The van der Waals surface area contributed by atoms with Gasteiger partial charge in [-0.15, -0.1) is 0 Å². The normalized spacial score (nSPS) is 21.8. The number of nitrogens with zero attached hydrogens (tertiary/aromatic N) is 3. The molecule has 1 aromatic carbocycles. The highest BCUT2D eigenvalue weighted by molar-refractivity contribution is 5.52. The molecule has 0 saturated heterocycles. The molecular formula is C20H25N3O3. The zero-order chi connectivity index (χ0) is 18.3. The summed E-state index contributed by atoms with van der Waals surface area (Å²) in [6, 6.07) is 6.24. The summed E-state index contributed by atoms with van der Waals surface area (Å²) in [6.07, 6.45) is 2.37. The highest BCUT2D eigenvalue weighted by Gasteiger charge is 2.31. The molecule has 2 aliphatic rings. The molecule has 1 aliphatic carbocycles. The third-order valence-electron chi connectivity index (χ3n) is 5.42. The van der Waals surface area contributed by atoms with Crippen molar-refractivity contribution in [1.29, 1.82) is 0 Å². The van der Waals surface area contributed by atoms with Crippen LogP contribution in [0.1, 0.15) is 41.4 Å². The molecule has 2 aromatic rings. The molecule has 4 rings (SSSR count). The van der Waals surface area contributed by atoms with Gasteiger partial charge >= 0.3 is 0 Å². The van der Waals surface area contributed by atoms with Crippen molar-refractivity contribution in [1.82, 2.24) is 9.97 Å². The molecule has 6 heteroatoms. The fourth-order valence-corrected chi connectivity index (χ4v) is 3.85. The Labute approximate surface area is 153 Å². The first-order chi connectivity index (χ1) is 12.6. The molecule has 0 unspecified atom stereocenters. The standard InChI is InChI=1S/C20H25N3O3/c1-12-21-17(14-6-16(24)7-14)10-20(22-12)23-5-4-13-8-18(25-2)19(26-3)9-15(13)11-23/h8-10,14,16,24H,4-7,11H2,1-3H3. The Bertz CT molecular complexity index is 818. The zero-order valence-corrected chi connectivity index (χ0v) is 15.5. The van der Waals surface area contributed by atoms with E-state index in [4.69, 9.17) is 9.47 Å². The molecule has 138 valence electrons. The summed E-state index contributed by atoms with van der Waals surface area (Å²) in [7, 11) is 3.33. The van der Waals surface area contributed by atoms with Crippen LogP contribution in [0.4, 0.5) is 5.82 Å². The van der Waals surface area contributed by atoms with Crippen LogP contribution in [-0.2, 0) is 13.0 Å². The first kappa shape index (κ1) is 17.1. The molecule has 0 bridgehead atoms. The van der Waals surface area contributed by atoms with Crippen LogP contribution in [0.5, 0.6) is 11.5 Å².